The first-order valence-electron chi connectivity index (χ1n) is 9.34. The lowest BCUT2D eigenvalue weighted by Gasteiger charge is -2.20. The highest BCUT2D eigenvalue weighted by atomic mass is 19.1. The molecule has 1 aromatic heterocycles. The highest BCUT2D eigenvalue weighted by Crippen LogP contribution is 2.25. The number of carbonyl (C=O) groups excluding carboxylic acids is 2. The van der Waals surface area contributed by atoms with Crippen molar-refractivity contribution in [3.63, 3.8) is 0 Å². The molecule has 0 radical (unpaired) electrons. The number of halogens is 1. The van der Waals surface area contributed by atoms with Gasteiger partial charge in [0, 0.05) is 31.6 Å². The summed E-state index contributed by atoms with van der Waals surface area (Å²) < 4.78 is 18.3. The second-order valence-corrected chi connectivity index (χ2v) is 6.77. The molecule has 1 fully saturated rings. The lowest BCUT2D eigenvalue weighted by Crippen LogP contribution is -2.35. The molecule has 144 valence electrons. The predicted octanol–water partition coefficient (Wildman–Crippen LogP) is 3.31. The molecule has 3 rings (SSSR count). The Hall–Kier alpha value is -2.70. The first-order valence-corrected chi connectivity index (χ1v) is 9.34. The van der Waals surface area contributed by atoms with Gasteiger partial charge in [0.1, 0.15) is 22.8 Å². The van der Waals surface area contributed by atoms with Gasteiger partial charge in [-0.05, 0) is 44.0 Å². The van der Waals surface area contributed by atoms with E-state index >= 15 is 0 Å². The third-order valence-electron chi connectivity index (χ3n) is 4.79. The van der Waals surface area contributed by atoms with Crippen LogP contribution < -0.4 is 5.32 Å². The van der Waals surface area contributed by atoms with E-state index in [4.69, 9.17) is 4.52 Å². The number of rotatable bonds is 5. The van der Waals surface area contributed by atoms with E-state index in [0.29, 0.717) is 22.6 Å². The van der Waals surface area contributed by atoms with Crippen LogP contribution in [0.25, 0.3) is 11.3 Å². The van der Waals surface area contributed by atoms with Gasteiger partial charge in [-0.25, -0.2) is 4.39 Å². The number of amides is 2. The molecule has 7 heteroatoms. The number of hydrogen-bond donors (Lipinski definition) is 1. The Morgan fingerprint density at radius 1 is 1.15 bits per heavy atom. The second kappa shape index (κ2) is 8.79. The zero-order valence-corrected chi connectivity index (χ0v) is 15.5. The van der Waals surface area contributed by atoms with Crippen molar-refractivity contribution in [2.75, 3.05) is 19.6 Å². The molecule has 27 heavy (non-hydrogen) atoms. The monoisotopic (exact) mass is 373 g/mol. The van der Waals surface area contributed by atoms with Gasteiger partial charge in [-0.2, -0.15) is 0 Å². The number of hydrogen-bond acceptors (Lipinski definition) is 4. The van der Waals surface area contributed by atoms with E-state index in [1.165, 1.54) is 25.0 Å². The van der Waals surface area contributed by atoms with Gasteiger partial charge in [0.05, 0.1) is 0 Å². The number of aromatic nitrogens is 1. The zero-order valence-electron chi connectivity index (χ0n) is 15.5. The summed E-state index contributed by atoms with van der Waals surface area (Å²) in [6.45, 7) is 3.50. The molecule has 1 saturated heterocycles. The van der Waals surface area contributed by atoms with Crippen molar-refractivity contribution >= 4 is 11.8 Å². The number of aryl methyl sites for hydroxylation is 1. The van der Waals surface area contributed by atoms with Crippen LogP contribution in [0.3, 0.4) is 0 Å². The topological polar surface area (TPSA) is 75.4 Å². The van der Waals surface area contributed by atoms with Gasteiger partial charge in [0.15, 0.2) is 0 Å². The fraction of sp³-hybridized carbons (Fsp3) is 0.450. The number of nitrogens with one attached hydrogen (secondary N) is 1. The van der Waals surface area contributed by atoms with Gasteiger partial charge in [0.2, 0.25) is 5.91 Å². The average molecular weight is 373 g/mol. The van der Waals surface area contributed by atoms with Gasteiger partial charge in [-0.3, -0.25) is 9.59 Å². The minimum atomic E-state index is -0.364. The van der Waals surface area contributed by atoms with Crippen LogP contribution in [-0.2, 0) is 4.79 Å². The second-order valence-electron chi connectivity index (χ2n) is 6.77. The first-order chi connectivity index (χ1) is 13.1. The minimum absolute atomic E-state index is 0.0676. The van der Waals surface area contributed by atoms with Gasteiger partial charge < -0.3 is 14.7 Å². The Morgan fingerprint density at radius 3 is 2.48 bits per heavy atom. The molecule has 0 bridgehead atoms. The van der Waals surface area contributed by atoms with Crippen LogP contribution in [0, 0.1) is 12.7 Å². The maximum Gasteiger partial charge on any atom is 0.257 e. The minimum Gasteiger partial charge on any atom is -0.360 e. The molecule has 0 aliphatic carbocycles. The van der Waals surface area contributed by atoms with Crippen LogP contribution in [0.1, 0.15) is 48.2 Å². The lowest BCUT2D eigenvalue weighted by atomic mass is 10.1. The largest absolute Gasteiger partial charge is 0.360 e. The van der Waals surface area contributed by atoms with Crippen molar-refractivity contribution in [3.8, 4) is 11.3 Å². The lowest BCUT2D eigenvalue weighted by molar-refractivity contribution is -0.131. The Labute approximate surface area is 157 Å². The predicted molar refractivity (Wildman–Crippen MR) is 98.6 cm³/mol. The number of carbonyl (C=O) groups is 2. The average Bonchev–Trinajstić information content (AvgIpc) is 2.86. The summed E-state index contributed by atoms with van der Waals surface area (Å²) in [5, 5.41) is 6.70. The zero-order chi connectivity index (χ0) is 19.2. The molecule has 0 unspecified atom stereocenters. The standard InChI is InChI=1S/C20H24FN3O3/c1-14-18(19(23-27-14)15-6-8-16(21)9-7-15)20(26)22-11-10-17(25)24-12-4-2-3-5-13-24/h6-9H,2-5,10-13H2,1H3,(H,22,26). The van der Waals surface area contributed by atoms with Crippen molar-refractivity contribution in [2.24, 2.45) is 0 Å². The van der Waals surface area contributed by atoms with Crippen molar-refractivity contribution in [1.29, 1.82) is 0 Å². The number of nitrogens with zero attached hydrogens (tertiary/aromatic N) is 2. The molecule has 0 spiro atoms. The van der Waals surface area contributed by atoms with E-state index in [9.17, 15) is 14.0 Å². The fourth-order valence-corrected chi connectivity index (χ4v) is 3.29. The highest BCUT2D eigenvalue weighted by Gasteiger charge is 2.22. The molecule has 6 nitrogen and oxygen atoms in total. The third-order valence-corrected chi connectivity index (χ3v) is 4.79. The van der Waals surface area contributed by atoms with Crippen molar-refractivity contribution in [2.45, 2.75) is 39.0 Å². The summed E-state index contributed by atoms with van der Waals surface area (Å²) in [5.41, 5.74) is 1.27. The van der Waals surface area contributed by atoms with Crippen molar-refractivity contribution in [1.82, 2.24) is 15.4 Å². The van der Waals surface area contributed by atoms with Crippen LogP contribution in [0.5, 0.6) is 0 Å². The van der Waals surface area contributed by atoms with Gasteiger partial charge in [-0.15, -0.1) is 0 Å². The van der Waals surface area contributed by atoms with Gasteiger partial charge >= 0.3 is 0 Å². The normalized spacial score (nSPS) is 14.7. The molecule has 1 N–H and O–H groups in total. The third kappa shape index (κ3) is 4.72. The maximum atomic E-state index is 13.1. The Bertz CT molecular complexity index is 793. The van der Waals surface area contributed by atoms with Crippen LogP contribution >= 0.6 is 0 Å². The summed E-state index contributed by atoms with van der Waals surface area (Å²) in [6.07, 6.45) is 4.68. The smallest absolute Gasteiger partial charge is 0.257 e. The van der Waals surface area contributed by atoms with E-state index < -0.39 is 0 Å². The van der Waals surface area contributed by atoms with Crippen LogP contribution in [0.4, 0.5) is 4.39 Å². The van der Waals surface area contributed by atoms with Gasteiger partial charge in [0.25, 0.3) is 5.91 Å². The quantitative estimate of drug-likeness (QED) is 0.872. The van der Waals surface area contributed by atoms with Crippen molar-refractivity contribution in [3.05, 3.63) is 41.4 Å². The number of benzene rings is 1. The summed E-state index contributed by atoms with van der Waals surface area (Å²) in [7, 11) is 0. The first kappa shape index (κ1) is 19.1. The Balaban J connectivity index is 1.60. The van der Waals surface area contributed by atoms with Crippen LogP contribution in [0.2, 0.25) is 0 Å². The highest BCUT2D eigenvalue weighted by molar-refractivity contribution is 6.00. The van der Waals surface area contributed by atoms with E-state index in [1.54, 1.807) is 19.1 Å². The molecule has 0 atom stereocenters. The summed E-state index contributed by atoms with van der Waals surface area (Å²) in [4.78, 5) is 26.8. The summed E-state index contributed by atoms with van der Waals surface area (Å²) in [5.74, 6) is -0.266. The molecule has 2 heterocycles. The molecule has 1 aliphatic heterocycles. The van der Waals surface area contributed by atoms with E-state index in [-0.39, 0.29) is 30.6 Å². The number of likely N-dealkylation sites (tertiary alicyclic amines) is 1. The molecule has 2 amide bonds. The molecule has 2 aromatic rings. The molecule has 0 saturated carbocycles. The van der Waals surface area contributed by atoms with Crippen molar-refractivity contribution < 1.29 is 18.5 Å². The molecular weight excluding hydrogens is 349 g/mol. The van der Waals surface area contributed by atoms with Crippen LogP contribution in [-0.4, -0.2) is 41.5 Å². The van der Waals surface area contributed by atoms with E-state index in [1.807, 2.05) is 4.90 Å². The fourth-order valence-electron chi connectivity index (χ4n) is 3.29. The molecular formula is C20H24FN3O3. The van der Waals surface area contributed by atoms with E-state index in [0.717, 1.165) is 25.9 Å². The van der Waals surface area contributed by atoms with Gasteiger partial charge in [-0.1, -0.05) is 18.0 Å². The molecule has 1 aliphatic rings. The summed E-state index contributed by atoms with van der Waals surface area (Å²) >= 11 is 0. The Morgan fingerprint density at radius 2 is 1.81 bits per heavy atom. The van der Waals surface area contributed by atoms with E-state index in [2.05, 4.69) is 10.5 Å². The Kier molecular flexibility index (Phi) is 6.21. The SMILES string of the molecule is Cc1onc(-c2ccc(F)cc2)c1C(=O)NCCC(=O)N1CCCCCC1. The van der Waals surface area contributed by atoms with Crippen LogP contribution in [0.15, 0.2) is 28.8 Å². The summed E-state index contributed by atoms with van der Waals surface area (Å²) in [6, 6.07) is 5.71. The molecule has 1 aromatic carbocycles. The maximum absolute atomic E-state index is 13.1.